The Balaban J connectivity index is 2.14. The fourth-order valence-electron chi connectivity index (χ4n) is 2.29. The largest absolute Gasteiger partial charge is 0.305 e. The number of Topliss-reactive ketones (excluding diaryl/α,β-unsaturated/α-hetero) is 1. The number of unbranched alkanes of at least 4 members (excludes halogenated alkanes) is 3. The highest BCUT2D eigenvalue weighted by molar-refractivity contribution is 6.52. The molecule has 1 aliphatic heterocycles. The Morgan fingerprint density at radius 3 is 2.60 bits per heavy atom. The molecule has 1 amide bonds. The van der Waals surface area contributed by atoms with Gasteiger partial charge in [0.2, 0.25) is 0 Å². The summed E-state index contributed by atoms with van der Waals surface area (Å²) >= 11 is 0. The number of rotatable bonds is 6. The highest BCUT2D eigenvalue weighted by Gasteiger charge is 2.38. The minimum Gasteiger partial charge on any atom is -0.305 e. The topological polar surface area (TPSA) is 37.4 Å². The summed E-state index contributed by atoms with van der Waals surface area (Å²) in [7, 11) is 0. The van der Waals surface area contributed by atoms with E-state index in [0.29, 0.717) is 12.5 Å². The second kappa shape index (κ2) is 5.94. The molecular formula is C15H15F2NO2. The molecule has 1 aromatic rings. The molecule has 0 saturated heterocycles. The second-order valence-electron chi connectivity index (χ2n) is 4.71. The first kappa shape index (κ1) is 14.4. The van der Waals surface area contributed by atoms with Gasteiger partial charge in [-0.3, -0.25) is 9.59 Å². The Morgan fingerprint density at radius 1 is 1.15 bits per heavy atom. The number of amides is 1. The Bertz CT molecular complexity index is 569. The fraction of sp³-hybridized carbons (Fsp3) is 0.333. The molecule has 0 atom stereocenters. The van der Waals surface area contributed by atoms with E-state index >= 15 is 0 Å². The third-order valence-corrected chi connectivity index (χ3v) is 3.28. The van der Waals surface area contributed by atoms with Crippen molar-refractivity contribution in [1.29, 1.82) is 0 Å². The van der Waals surface area contributed by atoms with E-state index in [1.54, 1.807) is 0 Å². The fourth-order valence-corrected chi connectivity index (χ4v) is 2.29. The number of nitrogens with zero attached hydrogens (tertiary/aromatic N) is 1. The van der Waals surface area contributed by atoms with Crippen molar-refractivity contribution >= 4 is 17.4 Å². The number of allylic oxidation sites excluding steroid dienone is 1. The van der Waals surface area contributed by atoms with Crippen molar-refractivity contribution in [2.45, 2.75) is 25.7 Å². The van der Waals surface area contributed by atoms with E-state index in [9.17, 15) is 18.4 Å². The van der Waals surface area contributed by atoms with Crippen molar-refractivity contribution in [1.82, 2.24) is 0 Å². The first-order chi connectivity index (χ1) is 9.56. The Morgan fingerprint density at radius 2 is 1.90 bits per heavy atom. The van der Waals surface area contributed by atoms with Gasteiger partial charge in [-0.2, -0.15) is 0 Å². The van der Waals surface area contributed by atoms with Gasteiger partial charge in [-0.15, -0.1) is 6.58 Å². The quantitative estimate of drug-likeness (QED) is 0.455. The van der Waals surface area contributed by atoms with E-state index in [-0.39, 0.29) is 17.8 Å². The standard InChI is InChI=1S/C15H15F2NO2/c1-2-3-4-5-6-7-18-12-9-10(16)8-11(17)13(12)14(19)15(18)20/h2,8-9H,1,3-7H2. The SMILES string of the molecule is C=CCCCCCN1C(=O)C(=O)c2c(F)cc(F)cc21. The van der Waals surface area contributed by atoms with E-state index in [1.807, 2.05) is 6.08 Å². The van der Waals surface area contributed by atoms with Crippen LogP contribution in [0.2, 0.25) is 0 Å². The predicted molar refractivity (Wildman–Crippen MR) is 71.7 cm³/mol. The van der Waals surface area contributed by atoms with Crippen LogP contribution in [0.1, 0.15) is 36.0 Å². The third kappa shape index (κ3) is 2.61. The van der Waals surface area contributed by atoms with Gasteiger partial charge in [0.1, 0.15) is 11.6 Å². The number of carbonyl (C=O) groups excluding carboxylic acids is 2. The molecule has 0 bridgehead atoms. The van der Waals surface area contributed by atoms with E-state index in [2.05, 4.69) is 6.58 Å². The van der Waals surface area contributed by atoms with Crippen LogP contribution in [0.25, 0.3) is 0 Å². The number of benzene rings is 1. The van der Waals surface area contributed by atoms with Crippen molar-refractivity contribution in [2.24, 2.45) is 0 Å². The molecule has 0 N–H and O–H groups in total. The molecule has 0 aliphatic carbocycles. The smallest absolute Gasteiger partial charge is 0.299 e. The Hall–Kier alpha value is -2.04. The molecule has 0 aromatic heterocycles. The molecular weight excluding hydrogens is 264 g/mol. The number of ketones is 1. The molecule has 0 radical (unpaired) electrons. The Kier molecular flexibility index (Phi) is 4.27. The van der Waals surface area contributed by atoms with Gasteiger partial charge in [-0.05, 0) is 25.3 Å². The van der Waals surface area contributed by atoms with Crippen LogP contribution in [-0.4, -0.2) is 18.2 Å². The van der Waals surface area contributed by atoms with Crippen molar-refractivity contribution in [3.8, 4) is 0 Å². The average Bonchev–Trinajstić information content (AvgIpc) is 2.63. The van der Waals surface area contributed by atoms with Crippen LogP contribution in [0.4, 0.5) is 14.5 Å². The maximum atomic E-state index is 13.6. The monoisotopic (exact) mass is 279 g/mol. The molecule has 1 heterocycles. The van der Waals surface area contributed by atoms with E-state index < -0.39 is 23.3 Å². The lowest BCUT2D eigenvalue weighted by Crippen LogP contribution is -2.30. The zero-order valence-electron chi connectivity index (χ0n) is 11.0. The van der Waals surface area contributed by atoms with Crippen LogP contribution in [-0.2, 0) is 4.79 Å². The van der Waals surface area contributed by atoms with Gasteiger partial charge in [-0.25, -0.2) is 8.78 Å². The number of halogens is 2. The number of carbonyl (C=O) groups is 2. The maximum Gasteiger partial charge on any atom is 0.299 e. The van der Waals surface area contributed by atoms with Crippen molar-refractivity contribution in [2.75, 3.05) is 11.4 Å². The molecule has 5 heteroatoms. The zero-order valence-corrected chi connectivity index (χ0v) is 11.0. The van der Waals surface area contributed by atoms with Crippen molar-refractivity contribution < 1.29 is 18.4 Å². The van der Waals surface area contributed by atoms with Crippen LogP contribution in [0.15, 0.2) is 24.8 Å². The number of hydrogen-bond acceptors (Lipinski definition) is 2. The molecule has 0 saturated carbocycles. The van der Waals surface area contributed by atoms with Gasteiger partial charge >= 0.3 is 0 Å². The maximum absolute atomic E-state index is 13.6. The lowest BCUT2D eigenvalue weighted by Gasteiger charge is -2.16. The highest BCUT2D eigenvalue weighted by Crippen LogP contribution is 2.32. The first-order valence-electron chi connectivity index (χ1n) is 6.52. The molecule has 106 valence electrons. The van der Waals surface area contributed by atoms with E-state index in [0.717, 1.165) is 30.2 Å². The minimum absolute atomic E-state index is 0.0428. The van der Waals surface area contributed by atoms with Crippen LogP contribution < -0.4 is 4.90 Å². The van der Waals surface area contributed by atoms with Gasteiger partial charge < -0.3 is 4.90 Å². The highest BCUT2D eigenvalue weighted by atomic mass is 19.1. The van der Waals surface area contributed by atoms with Gasteiger partial charge in [0.15, 0.2) is 0 Å². The Labute approximate surface area is 115 Å². The van der Waals surface area contributed by atoms with E-state index in [1.165, 1.54) is 0 Å². The summed E-state index contributed by atoms with van der Waals surface area (Å²) in [5.41, 5.74) is -0.274. The lowest BCUT2D eigenvalue weighted by molar-refractivity contribution is -0.114. The number of fused-ring (bicyclic) bond motifs is 1. The van der Waals surface area contributed by atoms with Crippen LogP contribution in [0.5, 0.6) is 0 Å². The van der Waals surface area contributed by atoms with E-state index in [4.69, 9.17) is 0 Å². The third-order valence-electron chi connectivity index (χ3n) is 3.28. The molecule has 2 rings (SSSR count). The minimum atomic E-state index is -0.979. The zero-order chi connectivity index (χ0) is 14.7. The van der Waals surface area contributed by atoms with Crippen molar-refractivity contribution in [3.63, 3.8) is 0 Å². The van der Waals surface area contributed by atoms with Gasteiger partial charge in [0.25, 0.3) is 11.7 Å². The molecule has 1 aromatic carbocycles. The summed E-state index contributed by atoms with van der Waals surface area (Å²) in [6, 6.07) is 1.66. The molecule has 0 unspecified atom stereocenters. The number of hydrogen-bond donors (Lipinski definition) is 0. The summed E-state index contributed by atoms with van der Waals surface area (Å²) in [5.74, 6) is -3.45. The van der Waals surface area contributed by atoms with Gasteiger partial charge in [0, 0.05) is 12.6 Å². The molecule has 3 nitrogen and oxygen atoms in total. The second-order valence-corrected chi connectivity index (χ2v) is 4.71. The lowest BCUT2D eigenvalue weighted by atomic mass is 10.1. The molecule has 0 fully saturated rings. The molecule has 0 spiro atoms. The molecule has 1 aliphatic rings. The number of anilines is 1. The van der Waals surface area contributed by atoms with Crippen LogP contribution in [0.3, 0.4) is 0 Å². The average molecular weight is 279 g/mol. The van der Waals surface area contributed by atoms with Gasteiger partial charge in [0.05, 0.1) is 11.3 Å². The predicted octanol–water partition coefficient (Wildman–Crippen LogP) is 3.24. The van der Waals surface area contributed by atoms with Crippen molar-refractivity contribution in [3.05, 3.63) is 42.0 Å². The van der Waals surface area contributed by atoms with Crippen LogP contribution in [0, 0.1) is 11.6 Å². The summed E-state index contributed by atoms with van der Waals surface area (Å²) in [5, 5.41) is 0. The summed E-state index contributed by atoms with van der Waals surface area (Å²) < 4.78 is 26.8. The summed E-state index contributed by atoms with van der Waals surface area (Å²) in [4.78, 5) is 24.7. The van der Waals surface area contributed by atoms with Crippen LogP contribution >= 0.6 is 0 Å². The summed E-state index contributed by atoms with van der Waals surface area (Å²) in [6.45, 7) is 3.90. The normalized spacial score (nSPS) is 13.8. The van der Waals surface area contributed by atoms with Gasteiger partial charge in [-0.1, -0.05) is 12.5 Å². The molecule has 20 heavy (non-hydrogen) atoms. The summed E-state index contributed by atoms with van der Waals surface area (Å²) in [6.07, 6.45) is 5.16. The first-order valence-corrected chi connectivity index (χ1v) is 6.52.